The molecule has 4 nitrogen and oxygen atoms in total. The number of aryl methyl sites for hydroxylation is 2. The summed E-state index contributed by atoms with van der Waals surface area (Å²) < 4.78 is 0. The van der Waals surface area contributed by atoms with Crippen molar-refractivity contribution in [3.05, 3.63) is 16.3 Å². The summed E-state index contributed by atoms with van der Waals surface area (Å²) in [5, 5.41) is 2.24. The second-order valence-corrected chi connectivity index (χ2v) is 9.88. The van der Waals surface area contributed by atoms with E-state index < -0.39 is 0 Å². The normalized spacial score (nSPS) is 23.3. The van der Waals surface area contributed by atoms with Gasteiger partial charge in [-0.05, 0) is 63.9 Å². The van der Waals surface area contributed by atoms with Crippen LogP contribution in [0.4, 0.5) is 0 Å². The van der Waals surface area contributed by atoms with E-state index in [1.807, 2.05) is 18.3 Å². The lowest BCUT2D eigenvalue weighted by Gasteiger charge is -2.33. The topological polar surface area (TPSA) is 46.1 Å². The highest BCUT2D eigenvalue weighted by atomic mass is 32.2. The number of hydrogen-bond donors (Lipinski definition) is 0. The molecule has 0 N–H and O–H groups in total. The molecule has 26 heavy (non-hydrogen) atoms. The molecule has 0 spiro atoms. The standard InChI is InChI=1S/C20H27N3OS2/c1-12-7-8-15-16(10-12)26-20-18(15)19(21-14(3)22-20)25-11-17(24)23-9-5-4-6-13(23)2/h12-13H,4-11H2,1-3H3/t12-,13-/m1/s1. The molecule has 2 atom stereocenters. The Morgan fingerprint density at radius 3 is 2.92 bits per heavy atom. The van der Waals surface area contributed by atoms with Gasteiger partial charge in [-0.25, -0.2) is 9.97 Å². The van der Waals surface area contributed by atoms with Crippen LogP contribution in [0.2, 0.25) is 0 Å². The highest BCUT2D eigenvalue weighted by molar-refractivity contribution is 8.00. The Balaban J connectivity index is 1.59. The van der Waals surface area contributed by atoms with E-state index in [1.165, 1.54) is 28.7 Å². The molecule has 3 heterocycles. The molecule has 1 aliphatic carbocycles. The fourth-order valence-corrected chi connectivity index (χ4v) is 6.68. The Labute approximate surface area is 163 Å². The van der Waals surface area contributed by atoms with Gasteiger partial charge in [0.2, 0.25) is 5.91 Å². The van der Waals surface area contributed by atoms with Gasteiger partial charge in [-0.1, -0.05) is 18.7 Å². The SMILES string of the molecule is Cc1nc(SCC(=O)N2CCCC[C@H]2C)c2c3c(sc2n1)C[C@H](C)CC3. The molecular weight excluding hydrogens is 362 g/mol. The van der Waals surface area contributed by atoms with Gasteiger partial charge in [0.25, 0.3) is 0 Å². The number of carbonyl (C=O) groups excluding carboxylic acids is 1. The van der Waals surface area contributed by atoms with Gasteiger partial charge in [-0.2, -0.15) is 0 Å². The largest absolute Gasteiger partial charge is 0.339 e. The molecule has 1 fully saturated rings. The lowest BCUT2D eigenvalue weighted by molar-refractivity contribution is -0.131. The first-order chi connectivity index (χ1) is 12.5. The monoisotopic (exact) mass is 389 g/mol. The van der Waals surface area contributed by atoms with Gasteiger partial charge >= 0.3 is 0 Å². The van der Waals surface area contributed by atoms with Gasteiger partial charge in [0.05, 0.1) is 5.75 Å². The first-order valence-electron chi connectivity index (χ1n) is 9.74. The molecule has 1 aliphatic heterocycles. The van der Waals surface area contributed by atoms with Crippen LogP contribution >= 0.6 is 23.1 Å². The summed E-state index contributed by atoms with van der Waals surface area (Å²) in [4.78, 5) is 26.8. The third-order valence-electron chi connectivity index (χ3n) is 5.69. The van der Waals surface area contributed by atoms with Gasteiger partial charge < -0.3 is 4.90 Å². The third-order valence-corrected chi connectivity index (χ3v) is 7.80. The zero-order valence-corrected chi connectivity index (χ0v) is 17.5. The number of fused-ring (bicyclic) bond motifs is 3. The molecule has 0 bridgehead atoms. The first-order valence-corrected chi connectivity index (χ1v) is 11.5. The first kappa shape index (κ1) is 18.2. The van der Waals surface area contributed by atoms with Gasteiger partial charge in [0.1, 0.15) is 15.7 Å². The van der Waals surface area contributed by atoms with Crippen LogP contribution in [0.5, 0.6) is 0 Å². The van der Waals surface area contributed by atoms with Crippen molar-refractivity contribution >= 4 is 39.2 Å². The molecule has 2 aliphatic rings. The summed E-state index contributed by atoms with van der Waals surface area (Å²) in [6.07, 6.45) is 7.01. The van der Waals surface area contributed by atoms with Crippen LogP contribution in [0.15, 0.2) is 5.03 Å². The number of nitrogens with zero attached hydrogens (tertiary/aromatic N) is 3. The van der Waals surface area contributed by atoms with Gasteiger partial charge in [-0.3, -0.25) is 4.79 Å². The van der Waals surface area contributed by atoms with Crippen LogP contribution in [-0.2, 0) is 17.6 Å². The molecule has 0 aromatic carbocycles. The summed E-state index contributed by atoms with van der Waals surface area (Å²) in [7, 11) is 0. The molecule has 6 heteroatoms. The number of carbonyl (C=O) groups is 1. The zero-order chi connectivity index (χ0) is 18.3. The number of amides is 1. The highest BCUT2D eigenvalue weighted by Gasteiger charge is 2.26. The van der Waals surface area contributed by atoms with Crippen molar-refractivity contribution in [1.29, 1.82) is 0 Å². The van der Waals surface area contributed by atoms with Crippen molar-refractivity contribution < 1.29 is 4.79 Å². The second kappa shape index (κ2) is 7.47. The van der Waals surface area contributed by atoms with Crippen molar-refractivity contribution in [3.63, 3.8) is 0 Å². The van der Waals surface area contributed by atoms with E-state index in [4.69, 9.17) is 9.97 Å². The molecule has 0 unspecified atom stereocenters. The highest BCUT2D eigenvalue weighted by Crippen LogP contribution is 2.41. The number of aromatic nitrogens is 2. The maximum Gasteiger partial charge on any atom is 0.233 e. The summed E-state index contributed by atoms with van der Waals surface area (Å²) in [5.74, 6) is 2.30. The van der Waals surface area contributed by atoms with Gasteiger partial charge in [0, 0.05) is 22.8 Å². The Morgan fingerprint density at radius 2 is 2.12 bits per heavy atom. The molecule has 2 aromatic heterocycles. The molecule has 0 radical (unpaired) electrons. The summed E-state index contributed by atoms with van der Waals surface area (Å²) in [6, 6.07) is 0.374. The van der Waals surface area contributed by atoms with Crippen molar-refractivity contribution in [3.8, 4) is 0 Å². The fraction of sp³-hybridized carbons (Fsp3) is 0.650. The van der Waals surface area contributed by atoms with Gasteiger partial charge in [-0.15, -0.1) is 11.3 Å². The Morgan fingerprint density at radius 1 is 1.27 bits per heavy atom. The van der Waals surface area contributed by atoms with E-state index >= 15 is 0 Å². The van der Waals surface area contributed by atoms with Crippen LogP contribution in [0.1, 0.15) is 55.8 Å². The number of likely N-dealkylation sites (tertiary alicyclic amines) is 1. The summed E-state index contributed by atoms with van der Waals surface area (Å²) in [5.41, 5.74) is 1.45. The lowest BCUT2D eigenvalue weighted by Crippen LogP contribution is -2.42. The molecule has 1 saturated heterocycles. The Kier molecular flexibility index (Phi) is 5.24. The molecule has 2 aromatic rings. The van der Waals surface area contributed by atoms with Crippen molar-refractivity contribution in [2.24, 2.45) is 5.92 Å². The molecule has 140 valence electrons. The lowest BCUT2D eigenvalue weighted by atomic mass is 9.89. The van der Waals surface area contributed by atoms with E-state index in [2.05, 4.69) is 18.7 Å². The molecule has 1 amide bonds. The average Bonchev–Trinajstić information content (AvgIpc) is 2.96. The number of thiophene rings is 1. The molecule has 4 rings (SSSR count). The zero-order valence-electron chi connectivity index (χ0n) is 15.9. The minimum absolute atomic E-state index is 0.254. The Hall–Kier alpha value is -1.14. The number of hydrogen-bond acceptors (Lipinski definition) is 5. The van der Waals surface area contributed by atoms with Crippen molar-refractivity contribution in [2.75, 3.05) is 12.3 Å². The summed E-state index contributed by atoms with van der Waals surface area (Å²) >= 11 is 3.45. The predicted octanol–water partition coefficient (Wildman–Crippen LogP) is 4.62. The Bertz CT molecular complexity index is 832. The maximum absolute atomic E-state index is 12.7. The van der Waals surface area contributed by atoms with Crippen LogP contribution in [0, 0.1) is 12.8 Å². The van der Waals surface area contributed by atoms with E-state index in [0.29, 0.717) is 11.8 Å². The van der Waals surface area contributed by atoms with Crippen molar-refractivity contribution in [1.82, 2.24) is 14.9 Å². The van der Waals surface area contributed by atoms with Crippen molar-refractivity contribution in [2.45, 2.75) is 70.4 Å². The predicted molar refractivity (Wildman–Crippen MR) is 109 cm³/mol. The van der Waals surface area contributed by atoms with E-state index in [1.54, 1.807) is 11.8 Å². The minimum atomic E-state index is 0.254. The van der Waals surface area contributed by atoms with Crippen LogP contribution in [-0.4, -0.2) is 39.1 Å². The number of piperidine rings is 1. The fourth-order valence-electron chi connectivity index (χ4n) is 4.20. The van der Waals surface area contributed by atoms with Crippen LogP contribution in [0.3, 0.4) is 0 Å². The van der Waals surface area contributed by atoms with E-state index in [-0.39, 0.29) is 5.91 Å². The van der Waals surface area contributed by atoms with Crippen LogP contribution < -0.4 is 0 Å². The number of rotatable bonds is 3. The minimum Gasteiger partial charge on any atom is -0.339 e. The average molecular weight is 390 g/mol. The molecular formula is C20H27N3OS2. The van der Waals surface area contributed by atoms with E-state index in [9.17, 15) is 4.79 Å². The van der Waals surface area contributed by atoms with Crippen LogP contribution in [0.25, 0.3) is 10.2 Å². The number of thioether (sulfide) groups is 1. The molecule has 0 saturated carbocycles. The van der Waals surface area contributed by atoms with E-state index in [0.717, 1.165) is 53.8 Å². The second-order valence-electron chi connectivity index (χ2n) is 7.83. The smallest absolute Gasteiger partial charge is 0.233 e. The third kappa shape index (κ3) is 3.50. The maximum atomic E-state index is 12.7. The van der Waals surface area contributed by atoms with Gasteiger partial charge in [0.15, 0.2) is 0 Å². The quantitative estimate of drug-likeness (QED) is 0.568. The summed E-state index contributed by atoms with van der Waals surface area (Å²) in [6.45, 7) is 7.37.